The summed E-state index contributed by atoms with van der Waals surface area (Å²) in [7, 11) is -3.19. The summed E-state index contributed by atoms with van der Waals surface area (Å²) in [6.07, 6.45) is -0.951. The van der Waals surface area contributed by atoms with Crippen molar-refractivity contribution in [3.05, 3.63) is 24.0 Å². The minimum absolute atomic E-state index is 0.186. The monoisotopic (exact) mass is 321 g/mol. The Balaban J connectivity index is 3.07. The van der Waals surface area contributed by atoms with Gasteiger partial charge < -0.3 is 14.9 Å². The molecular formula is C11H12FNO7S. The van der Waals surface area contributed by atoms with E-state index >= 15 is 0 Å². The molecular weight excluding hydrogens is 309 g/mol. The molecule has 0 radical (unpaired) electrons. The first-order valence-electron chi connectivity index (χ1n) is 5.48. The molecule has 1 rings (SSSR count). The number of carboxylic acid groups (broad SMARTS) is 2. The predicted molar refractivity (Wildman–Crippen MR) is 67.0 cm³/mol. The molecule has 116 valence electrons. The quantitative estimate of drug-likeness (QED) is 0.646. The molecule has 0 amide bonds. The standard InChI is InChI=1S/C11H12FNO7S/c1-20-9-3-2-6(4-7(9)12)21(18,19)13-8(11(16)17)5-10(14)15/h2-4,8,13H,5H2,1H3,(H,14,15)(H,16,17)/t8-/m0/s1. The number of aliphatic carboxylic acids is 2. The third-order valence-electron chi connectivity index (χ3n) is 2.41. The normalized spacial score (nSPS) is 12.7. The summed E-state index contributed by atoms with van der Waals surface area (Å²) < 4.78 is 43.6. The van der Waals surface area contributed by atoms with Gasteiger partial charge in [0.25, 0.3) is 0 Å². The molecule has 0 aliphatic carbocycles. The number of halogens is 1. The summed E-state index contributed by atoms with van der Waals surface area (Å²) in [6.45, 7) is 0. The van der Waals surface area contributed by atoms with Crippen molar-refractivity contribution in [2.24, 2.45) is 0 Å². The lowest BCUT2D eigenvalue weighted by atomic mass is 10.2. The molecule has 0 unspecified atom stereocenters. The van der Waals surface area contributed by atoms with Crippen molar-refractivity contribution in [1.29, 1.82) is 0 Å². The molecule has 21 heavy (non-hydrogen) atoms. The Hall–Kier alpha value is -2.20. The molecule has 1 aromatic rings. The van der Waals surface area contributed by atoms with Gasteiger partial charge in [-0.25, -0.2) is 12.8 Å². The number of hydrogen-bond acceptors (Lipinski definition) is 5. The number of benzene rings is 1. The first kappa shape index (κ1) is 16.9. The minimum Gasteiger partial charge on any atom is -0.494 e. The van der Waals surface area contributed by atoms with Gasteiger partial charge in [0, 0.05) is 0 Å². The molecule has 1 atom stereocenters. The highest BCUT2D eigenvalue weighted by atomic mass is 32.2. The van der Waals surface area contributed by atoms with E-state index in [1.165, 1.54) is 7.11 Å². The van der Waals surface area contributed by atoms with Crippen LogP contribution >= 0.6 is 0 Å². The molecule has 0 saturated heterocycles. The highest BCUT2D eigenvalue weighted by Gasteiger charge is 2.28. The molecule has 10 heteroatoms. The number of carbonyl (C=O) groups is 2. The molecule has 3 N–H and O–H groups in total. The maximum absolute atomic E-state index is 13.5. The molecule has 0 heterocycles. The van der Waals surface area contributed by atoms with Crippen LogP contribution in [0.25, 0.3) is 0 Å². The Labute approximate surface area is 119 Å². The fourth-order valence-corrected chi connectivity index (χ4v) is 2.62. The van der Waals surface area contributed by atoms with Crippen molar-refractivity contribution in [3.8, 4) is 5.75 Å². The van der Waals surface area contributed by atoms with E-state index in [1.54, 1.807) is 4.72 Å². The van der Waals surface area contributed by atoms with Crippen molar-refractivity contribution in [3.63, 3.8) is 0 Å². The third kappa shape index (κ3) is 4.39. The first-order chi connectivity index (χ1) is 9.67. The van der Waals surface area contributed by atoms with Crippen LogP contribution in [-0.4, -0.2) is 43.7 Å². The average molecular weight is 321 g/mol. The number of methoxy groups -OCH3 is 1. The zero-order valence-electron chi connectivity index (χ0n) is 10.7. The van der Waals surface area contributed by atoms with Gasteiger partial charge in [0.2, 0.25) is 10.0 Å². The van der Waals surface area contributed by atoms with Crippen LogP contribution in [0.2, 0.25) is 0 Å². The average Bonchev–Trinajstić information content (AvgIpc) is 2.36. The highest BCUT2D eigenvalue weighted by Crippen LogP contribution is 2.20. The van der Waals surface area contributed by atoms with Crippen LogP contribution in [0.3, 0.4) is 0 Å². The lowest BCUT2D eigenvalue weighted by molar-refractivity contribution is -0.145. The Morgan fingerprint density at radius 2 is 2.00 bits per heavy atom. The Morgan fingerprint density at radius 3 is 2.43 bits per heavy atom. The van der Waals surface area contributed by atoms with E-state index in [1.807, 2.05) is 0 Å². The zero-order chi connectivity index (χ0) is 16.2. The summed E-state index contributed by atoms with van der Waals surface area (Å²) in [4.78, 5) is 20.8. The number of ether oxygens (including phenoxy) is 1. The zero-order valence-corrected chi connectivity index (χ0v) is 11.6. The fourth-order valence-electron chi connectivity index (χ4n) is 1.42. The molecule has 1 aromatic carbocycles. The SMILES string of the molecule is COc1ccc(S(=O)(=O)N[C@@H](CC(=O)O)C(=O)O)cc1F. The van der Waals surface area contributed by atoms with E-state index in [0.717, 1.165) is 12.1 Å². The third-order valence-corrected chi connectivity index (χ3v) is 3.88. The van der Waals surface area contributed by atoms with E-state index in [2.05, 4.69) is 4.74 Å². The van der Waals surface area contributed by atoms with Gasteiger partial charge in [-0.1, -0.05) is 0 Å². The van der Waals surface area contributed by atoms with E-state index in [9.17, 15) is 22.4 Å². The molecule has 0 fully saturated rings. The highest BCUT2D eigenvalue weighted by molar-refractivity contribution is 7.89. The Morgan fingerprint density at radius 1 is 1.38 bits per heavy atom. The molecule has 0 aliphatic rings. The molecule has 8 nitrogen and oxygen atoms in total. The topological polar surface area (TPSA) is 130 Å². The summed E-state index contributed by atoms with van der Waals surface area (Å²) >= 11 is 0. The van der Waals surface area contributed by atoms with Crippen LogP contribution in [0.1, 0.15) is 6.42 Å². The molecule has 0 spiro atoms. The smallest absolute Gasteiger partial charge is 0.322 e. The van der Waals surface area contributed by atoms with Gasteiger partial charge in [-0.3, -0.25) is 9.59 Å². The second-order valence-corrected chi connectivity index (χ2v) is 5.62. The van der Waals surface area contributed by atoms with Crippen LogP contribution in [0.4, 0.5) is 4.39 Å². The Kier molecular flexibility index (Phi) is 5.22. The minimum atomic E-state index is -4.39. The van der Waals surface area contributed by atoms with Gasteiger partial charge in [0.05, 0.1) is 18.4 Å². The van der Waals surface area contributed by atoms with Crippen LogP contribution in [-0.2, 0) is 19.6 Å². The van der Waals surface area contributed by atoms with Gasteiger partial charge in [0.15, 0.2) is 11.6 Å². The van der Waals surface area contributed by atoms with Gasteiger partial charge in [-0.2, -0.15) is 4.72 Å². The number of carboxylic acids is 2. The van der Waals surface area contributed by atoms with Crippen LogP contribution in [0, 0.1) is 5.82 Å². The maximum atomic E-state index is 13.5. The van der Waals surface area contributed by atoms with Crippen molar-refractivity contribution >= 4 is 22.0 Å². The van der Waals surface area contributed by atoms with Crippen LogP contribution in [0.15, 0.2) is 23.1 Å². The number of rotatable bonds is 7. The number of sulfonamides is 1. The van der Waals surface area contributed by atoms with Crippen molar-refractivity contribution in [2.45, 2.75) is 17.4 Å². The maximum Gasteiger partial charge on any atom is 0.322 e. The summed E-state index contributed by atoms with van der Waals surface area (Å²) in [5, 5.41) is 17.3. The van der Waals surface area contributed by atoms with Crippen molar-refractivity contribution < 1.29 is 37.3 Å². The number of hydrogen-bond donors (Lipinski definition) is 3. The number of nitrogens with one attached hydrogen (secondary N) is 1. The Bertz CT molecular complexity index is 659. The van der Waals surface area contributed by atoms with Gasteiger partial charge in [-0.15, -0.1) is 0 Å². The van der Waals surface area contributed by atoms with E-state index in [4.69, 9.17) is 10.2 Å². The molecule has 0 bridgehead atoms. The van der Waals surface area contributed by atoms with E-state index in [0.29, 0.717) is 6.07 Å². The second-order valence-electron chi connectivity index (χ2n) is 3.91. The molecule has 0 saturated carbocycles. The predicted octanol–water partition coefficient (Wildman–Crippen LogP) is 0.0405. The second kappa shape index (κ2) is 6.50. The largest absolute Gasteiger partial charge is 0.494 e. The van der Waals surface area contributed by atoms with E-state index < -0.39 is 45.1 Å². The first-order valence-corrected chi connectivity index (χ1v) is 6.96. The summed E-state index contributed by atoms with van der Waals surface area (Å²) in [5.41, 5.74) is 0. The van der Waals surface area contributed by atoms with Crippen LogP contribution in [0.5, 0.6) is 5.75 Å². The summed E-state index contributed by atoms with van der Waals surface area (Å²) in [5.74, 6) is -4.29. The lowest BCUT2D eigenvalue weighted by Crippen LogP contribution is -2.42. The van der Waals surface area contributed by atoms with Crippen molar-refractivity contribution in [2.75, 3.05) is 7.11 Å². The fraction of sp³-hybridized carbons (Fsp3) is 0.273. The van der Waals surface area contributed by atoms with Gasteiger partial charge >= 0.3 is 11.9 Å². The van der Waals surface area contributed by atoms with Gasteiger partial charge in [0.1, 0.15) is 6.04 Å². The lowest BCUT2D eigenvalue weighted by Gasteiger charge is -2.13. The van der Waals surface area contributed by atoms with Gasteiger partial charge in [-0.05, 0) is 18.2 Å². The molecule has 0 aliphatic heterocycles. The molecule has 0 aromatic heterocycles. The van der Waals surface area contributed by atoms with Crippen LogP contribution < -0.4 is 9.46 Å². The summed E-state index contributed by atoms with van der Waals surface area (Å²) in [6, 6.07) is 0.833. The van der Waals surface area contributed by atoms with Crippen molar-refractivity contribution in [1.82, 2.24) is 4.72 Å². The van der Waals surface area contributed by atoms with E-state index in [-0.39, 0.29) is 5.75 Å².